The summed E-state index contributed by atoms with van der Waals surface area (Å²) in [5.74, 6) is -1.04. The summed E-state index contributed by atoms with van der Waals surface area (Å²) in [6.45, 7) is 2.53. The van der Waals surface area contributed by atoms with Gasteiger partial charge in [-0.15, -0.1) is 0 Å². The topological polar surface area (TPSA) is 77.6 Å². The van der Waals surface area contributed by atoms with Gasteiger partial charge in [-0.2, -0.15) is 0 Å². The van der Waals surface area contributed by atoms with Gasteiger partial charge in [-0.25, -0.2) is 9.18 Å². The Labute approximate surface area is 168 Å². The number of aryl methyl sites for hydroxylation is 1. The Morgan fingerprint density at radius 1 is 1.31 bits per heavy atom. The van der Waals surface area contributed by atoms with Gasteiger partial charge in [0.25, 0.3) is 0 Å². The number of hydrogen-bond donors (Lipinski definition) is 1. The fourth-order valence-electron chi connectivity index (χ4n) is 5.11. The summed E-state index contributed by atoms with van der Waals surface area (Å²) in [5.41, 5.74) is 7.99. The van der Waals surface area contributed by atoms with Crippen molar-refractivity contribution in [1.29, 1.82) is 0 Å². The summed E-state index contributed by atoms with van der Waals surface area (Å²) in [7, 11) is 0. The number of pyridine rings is 1. The van der Waals surface area contributed by atoms with Gasteiger partial charge in [0.1, 0.15) is 11.4 Å². The molecule has 6 nitrogen and oxygen atoms in total. The Balaban J connectivity index is 1.80. The van der Waals surface area contributed by atoms with E-state index in [2.05, 4.69) is 4.90 Å². The Morgan fingerprint density at radius 2 is 2.10 bits per heavy atom. The number of nitrogens with two attached hydrogens (primary N) is 1. The molecule has 2 atom stereocenters. The number of esters is 1. The maximum Gasteiger partial charge on any atom is 0.343 e. The standard InChI is InChI=1S/C22H26FN3O3/c1-2-29-22(28)17-11-26(13-6-7-13)19-15-5-3-4-14-8-12(24)10-25(14)20(15)18(23)9-16(19)21(17)27/h9,11-14H,2-8,10,24H2,1H3/t12-,14-/m0/s1. The molecule has 0 unspecified atom stereocenters. The van der Waals surface area contributed by atoms with Crippen LogP contribution >= 0.6 is 0 Å². The van der Waals surface area contributed by atoms with Gasteiger partial charge in [0.15, 0.2) is 0 Å². The quantitative estimate of drug-likeness (QED) is 0.803. The predicted molar refractivity (Wildman–Crippen MR) is 109 cm³/mol. The highest BCUT2D eigenvalue weighted by atomic mass is 19.1. The van der Waals surface area contributed by atoms with Crippen LogP contribution in [0.3, 0.4) is 0 Å². The van der Waals surface area contributed by atoms with Crippen molar-refractivity contribution in [1.82, 2.24) is 4.57 Å². The van der Waals surface area contributed by atoms with Gasteiger partial charge >= 0.3 is 5.97 Å². The molecule has 1 saturated carbocycles. The van der Waals surface area contributed by atoms with Crippen molar-refractivity contribution in [2.45, 2.75) is 63.6 Å². The van der Waals surface area contributed by atoms with Crippen LogP contribution in [0.25, 0.3) is 10.9 Å². The van der Waals surface area contributed by atoms with Crippen molar-refractivity contribution >= 4 is 22.6 Å². The van der Waals surface area contributed by atoms with E-state index < -0.39 is 17.2 Å². The number of benzene rings is 1. The number of ether oxygens (including phenoxy) is 1. The van der Waals surface area contributed by atoms with Crippen molar-refractivity contribution in [3.63, 3.8) is 0 Å². The van der Waals surface area contributed by atoms with Gasteiger partial charge < -0.3 is 19.9 Å². The molecule has 2 N–H and O–H groups in total. The second-order valence-electron chi connectivity index (χ2n) is 8.51. The van der Waals surface area contributed by atoms with Crippen molar-refractivity contribution < 1.29 is 13.9 Å². The van der Waals surface area contributed by atoms with Crippen molar-refractivity contribution in [2.24, 2.45) is 5.73 Å². The molecule has 2 aliphatic heterocycles. The van der Waals surface area contributed by atoms with Crippen LogP contribution in [0, 0.1) is 5.82 Å². The first-order valence-corrected chi connectivity index (χ1v) is 10.6. The summed E-state index contributed by atoms with van der Waals surface area (Å²) in [6, 6.07) is 1.85. The smallest absolute Gasteiger partial charge is 0.343 e. The van der Waals surface area contributed by atoms with Crippen LogP contribution in [0.2, 0.25) is 0 Å². The van der Waals surface area contributed by atoms with Crippen LogP contribution in [-0.4, -0.2) is 35.8 Å². The zero-order valence-corrected chi connectivity index (χ0v) is 16.6. The molecule has 3 heterocycles. The molecule has 29 heavy (non-hydrogen) atoms. The van der Waals surface area contributed by atoms with E-state index in [1.54, 1.807) is 13.1 Å². The first-order chi connectivity index (χ1) is 14.0. The first-order valence-electron chi connectivity index (χ1n) is 10.6. The van der Waals surface area contributed by atoms with Gasteiger partial charge in [0.2, 0.25) is 5.43 Å². The van der Waals surface area contributed by atoms with Crippen molar-refractivity contribution in [3.8, 4) is 0 Å². The molecule has 2 fully saturated rings. The molecule has 1 aliphatic carbocycles. The predicted octanol–water partition coefficient (Wildman–Crippen LogP) is 2.89. The minimum absolute atomic E-state index is 0.0136. The van der Waals surface area contributed by atoms with Gasteiger partial charge in [-0.3, -0.25) is 4.79 Å². The van der Waals surface area contributed by atoms with E-state index in [0.717, 1.165) is 49.6 Å². The minimum Gasteiger partial charge on any atom is -0.462 e. The molecular formula is C22H26FN3O3. The Bertz CT molecular complexity index is 1060. The largest absolute Gasteiger partial charge is 0.462 e. The lowest BCUT2D eigenvalue weighted by Crippen LogP contribution is -2.31. The van der Waals surface area contributed by atoms with Crippen LogP contribution in [0.4, 0.5) is 10.1 Å². The number of carbonyl (C=O) groups excluding carboxylic acids is 1. The van der Waals surface area contributed by atoms with E-state index in [0.29, 0.717) is 12.2 Å². The average Bonchev–Trinajstić information content (AvgIpc) is 3.47. The fourth-order valence-corrected chi connectivity index (χ4v) is 5.11. The number of nitrogens with zero attached hydrogens (tertiary/aromatic N) is 2. The zero-order valence-electron chi connectivity index (χ0n) is 16.6. The highest BCUT2D eigenvalue weighted by molar-refractivity contribution is 5.96. The van der Waals surface area contributed by atoms with E-state index in [9.17, 15) is 9.59 Å². The molecule has 0 amide bonds. The Hall–Kier alpha value is -2.41. The molecule has 1 aromatic heterocycles. The number of fused-ring (bicyclic) bond motifs is 5. The van der Waals surface area contributed by atoms with E-state index in [1.165, 1.54) is 6.07 Å². The number of hydrogen-bond acceptors (Lipinski definition) is 5. The van der Waals surface area contributed by atoms with Crippen LogP contribution in [0.1, 0.15) is 61.0 Å². The Kier molecular flexibility index (Phi) is 4.38. The number of aromatic nitrogens is 1. The molecule has 0 radical (unpaired) electrons. The summed E-state index contributed by atoms with van der Waals surface area (Å²) in [5, 5.41) is 0.278. The molecule has 3 aliphatic rings. The van der Waals surface area contributed by atoms with Gasteiger partial charge in [0, 0.05) is 41.8 Å². The van der Waals surface area contributed by atoms with Gasteiger partial charge in [-0.05, 0) is 51.5 Å². The lowest BCUT2D eigenvalue weighted by molar-refractivity contribution is 0.0524. The molecule has 0 spiro atoms. The summed E-state index contributed by atoms with van der Waals surface area (Å²) >= 11 is 0. The highest BCUT2D eigenvalue weighted by Gasteiger charge is 2.37. The lowest BCUT2D eigenvalue weighted by Gasteiger charge is -2.27. The van der Waals surface area contributed by atoms with Crippen LogP contribution < -0.4 is 16.1 Å². The molecular weight excluding hydrogens is 373 g/mol. The van der Waals surface area contributed by atoms with Crippen LogP contribution in [0.5, 0.6) is 0 Å². The molecule has 7 heteroatoms. The SMILES string of the molecule is CCOC(=O)c1cn(C2CC2)c2c3c(c(F)cc2c1=O)N1C[C@@H](N)C[C@@H]1CCC3. The summed E-state index contributed by atoms with van der Waals surface area (Å²) < 4.78 is 22.5. The van der Waals surface area contributed by atoms with E-state index in [-0.39, 0.29) is 35.7 Å². The van der Waals surface area contributed by atoms with Crippen LogP contribution in [-0.2, 0) is 11.2 Å². The van der Waals surface area contributed by atoms with E-state index in [4.69, 9.17) is 10.5 Å². The third-order valence-corrected chi connectivity index (χ3v) is 6.47. The van der Waals surface area contributed by atoms with Crippen molar-refractivity contribution in [3.05, 3.63) is 39.4 Å². The highest BCUT2D eigenvalue weighted by Crippen LogP contribution is 2.43. The minimum atomic E-state index is -0.644. The fraction of sp³-hybridized carbons (Fsp3) is 0.545. The van der Waals surface area contributed by atoms with Gasteiger partial charge in [-0.1, -0.05) is 0 Å². The monoisotopic (exact) mass is 399 g/mol. The molecule has 0 bridgehead atoms. The first kappa shape index (κ1) is 18.6. The summed E-state index contributed by atoms with van der Waals surface area (Å²) in [4.78, 5) is 27.6. The maximum absolute atomic E-state index is 15.4. The molecule has 5 rings (SSSR count). The molecule has 1 saturated heterocycles. The number of rotatable bonds is 3. The second kappa shape index (κ2) is 6.83. The number of anilines is 1. The van der Waals surface area contributed by atoms with Crippen molar-refractivity contribution in [2.75, 3.05) is 18.1 Å². The molecule has 2 aromatic rings. The molecule has 154 valence electrons. The summed E-state index contributed by atoms with van der Waals surface area (Å²) in [6.07, 6.45) is 7.10. The molecule has 1 aromatic carbocycles. The van der Waals surface area contributed by atoms with Crippen LogP contribution in [0.15, 0.2) is 17.1 Å². The third-order valence-electron chi connectivity index (χ3n) is 6.47. The van der Waals surface area contributed by atoms with E-state index in [1.807, 2.05) is 4.57 Å². The normalized spacial score (nSPS) is 23.6. The lowest BCUT2D eigenvalue weighted by atomic mass is 9.99. The number of carbonyl (C=O) groups is 1. The zero-order chi connectivity index (χ0) is 20.3. The average molecular weight is 399 g/mol. The third kappa shape index (κ3) is 2.94. The van der Waals surface area contributed by atoms with Gasteiger partial charge in [0.05, 0.1) is 17.8 Å². The number of halogens is 1. The Morgan fingerprint density at radius 3 is 2.83 bits per heavy atom. The van der Waals surface area contributed by atoms with E-state index >= 15 is 4.39 Å². The maximum atomic E-state index is 15.4. The second-order valence-corrected chi connectivity index (χ2v) is 8.51.